The molecule has 2 N–H and O–H groups in total. The summed E-state index contributed by atoms with van der Waals surface area (Å²) in [6.07, 6.45) is 0.857. The third-order valence-electron chi connectivity index (χ3n) is 2.07. The number of H-pyrrole nitrogens is 1. The third kappa shape index (κ3) is 2.62. The number of nitrogens with zero attached hydrogens (tertiary/aromatic N) is 3. The molecular weight excluding hydrogens is 261 g/mol. The number of anilines is 1. The van der Waals surface area contributed by atoms with Crippen molar-refractivity contribution in [3.8, 4) is 0 Å². The van der Waals surface area contributed by atoms with Gasteiger partial charge in [0.05, 0.1) is 12.7 Å². The molecule has 2 aromatic rings. The molecule has 2 rings (SSSR count). The number of aromatic nitrogens is 4. The van der Waals surface area contributed by atoms with Crippen LogP contribution in [0, 0.1) is 5.82 Å². The molecule has 2 heterocycles. The van der Waals surface area contributed by atoms with E-state index in [1.807, 2.05) is 11.9 Å². The summed E-state index contributed by atoms with van der Waals surface area (Å²) in [4.78, 5) is 24.1. The Morgan fingerprint density at radius 2 is 2.28 bits per heavy atom. The number of hydrogen-bond acceptors (Lipinski definition) is 6. The van der Waals surface area contributed by atoms with E-state index < -0.39 is 17.1 Å². The summed E-state index contributed by atoms with van der Waals surface area (Å²) in [6, 6.07) is 0. The molecule has 0 unspecified atom stereocenters. The van der Waals surface area contributed by atoms with E-state index in [2.05, 4.69) is 15.5 Å². The molecule has 0 atom stereocenters. The summed E-state index contributed by atoms with van der Waals surface area (Å²) in [6.45, 7) is 2.69. The molecule has 0 spiro atoms. The highest BCUT2D eigenvalue weighted by molar-refractivity contribution is 7.15. The first-order valence-corrected chi connectivity index (χ1v) is 5.97. The van der Waals surface area contributed by atoms with Crippen LogP contribution >= 0.6 is 11.3 Å². The van der Waals surface area contributed by atoms with Gasteiger partial charge in [0.25, 0.3) is 5.56 Å². The molecule has 2 aromatic heterocycles. The van der Waals surface area contributed by atoms with Crippen molar-refractivity contribution in [2.24, 2.45) is 0 Å². The molecule has 0 aliphatic carbocycles. The van der Waals surface area contributed by atoms with Crippen molar-refractivity contribution in [3.05, 3.63) is 37.9 Å². The lowest BCUT2D eigenvalue weighted by atomic mass is 10.5. The van der Waals surface area contributed by atoms with Crippen LogP contribution in [0.1, 0.15) is 11.9 Å². The van der Waals surface area contributed by atoms with Crippen molar-refractivity contribution in [1.29, 1.82) is 0 Å². The topological polar surface area (TPSA) is 92.7 Å². The van der Waals surface area contributed by atoms with Crippen LogP contribution < -0.4 is 16.6 Å². The Hall–Kier alpha value is -2.03. The fourth-order valence-corrected chi connectivity index (χ4v) is 2.09. The summed E-state index contributed by atoms with van der Waals surface area (Å²) in [5, 5.41) is 11.8. The van der Waals surface area contributed by atoms with E-state index in [9.17, 15) is 14.0 Å². The molecule has 0 saturated carbocycles. The van der Waals surface area contributed by atoms with Gasteiger partial charge in [-0.1, -0.05) is 11.3 Å². The van der Waals surface area contributed by atoms with Gasteiger partial charge in [0.2, 0.25) is 10.9 Å². The quantitative estimate of drug-likeness (QED) is 0.817. The van der Waals surface area contributed by atoms with Crippen LogP contribution in [0.5, 0.6) is 0 Å². The molecular formula is C9H10FN5O2S. The first-order valence-electron chi connectivity index (χ1n) is 5.15. The molecule has 0 bridgehead atoms. The van der Waals surface area contributed by atoms with Gasteiger partial charge in [0.1, 0.15) is 5.01 Å². The monoisotopic (exact) mass is 271 g/mol. The predicted molar refractivity (Wildman–Crippen MR) is 64.5 cm³/mol. The molecule has 0 aliphatic heterocycles. The first-order chi connectivity index (χ1) is 8.60. The summed E-state index contributed by atoms with van der Waals surface area (Å²) >= 11 is 1.26. The normalized spacial score (nSPS) is 10.6. The van der Waals surface area contributed by atoms with Gasteiger partial charge >= 0.3 is 5.69 Å². The van der Waals surface area contributed by atoms with Crippen molar-refractivity contribution in [2.45, 2.75) is 13.5 Å². The Morgan fingerprint density at radius 3 is 3.00 bits per heavy atom. The zero-order chi connectivity index (χ0) is 13.1. The molecule has 18 heavy (non-hydrogen) atoms. The van der Waals surface area contributed by atoms with Crippen LogP contribution in [-0.2, 0) is 6.54 Å². The third-order valence-corrected chi connectivity index (χ3v) is 2.93. The SMILES string of the molecule is CCNc1nnc(Cn2cc(F)c(=O)[nH]c2=O)s1. The van der Waals surface area contributed by atoms with E-state index in [0.717, 1.165) is 10.8 Å². The van der Waals surface area contributed by atoms with Gasteiger partial charge in [0, 0.05) is 6.54 Å². The largest absolute Gasteiger partial charge is 0.360 e. The van der Waals surface area contributed by atoms with E-state index >= 15 is 0 Å². The van der Waals surface area contributed by atoms with Crippen molar-refractivity contribution < 1.29 is 4.39 Å². The van der Waals surface area contributed by atoms with Gasteiger partial charge in [-0.05, 0) is 6.92 Å². The molecule has 0 amide bonds. The summed E-state index contributed by atoms with van der Waals surface area (Å²) in [7, 11) is 0. The summed E-state index contributed by atoms with van der Waals surface area (Å²) in [5.74, 6) is -1.01. The Bertz CT molecular complexity index is 661. The first kappa shape index (κ1) is 12.4. The maximum absolute atomic E-state index is 13.0. The average Bonchev–Trinajstić information content (AvgIpc) is 2.74. The van der Waals surface area contributed by atoms with Crippen LogP contribution in [0.4, 0.5) is 9.52 Å². The van der Waals surface area contributed by atoms with Gasteiger partial charge in [0.15, 0.2) is 0 Å². The number of aromatic amines is 1. The average molecular weight is 271 g/mol. The summed E-state index contributed by atoms with van der Waals surface area (Å²) < 4.78 is 14.1. The van der Waals surface area contributed by atoms with Crippen molar-refractivity contribution in [2.75, 3.05) is 11.9 Å². The lowest BCUT2D eigenvalue weighted by Gasteiger charge is -2.00. The molecule has 0 saturated heterocycles. The van der Waals surface area contributed by atoms with Crippen LogP contribution in [0.2, 0.25) is 0 Å². The van der Waals surface area contributed by atoms with E-state index in [4.69, 9.17) is 0 Å². The smallest absolute Gasteiger partial charge is 0.328 e. The fourth-order valence-electron chi connectivity index (χ4n) is 1.29. The minimum Gasteiger partial charge on any atom is -0.360 e. The number of halogens is 1. The van der Waals surface area contributed by atoms with Gasteiger partial charge in [-0.2, -0.15) is 4.39 Å². The highest BCUT2D eigenvalue weighted by atomic mass is 32.1. The maximum Gasteiger partial charge on any atom is 0.328 e. The van der Waals surface area contributed by atoms with E-state index in [1.54, 1.807) is 0 Å². The maximum atomic E-state index is 13.0. The van der Waals surface area contributed by atoms with Crippen LogP contribution in [-0.4, -0.2) is 26.3 Å². The van der Waals surface area contributed by atoms with Crippen molar-refractivity contribution >= 4 is 16.5 Å². The predicted octanol–water partition coefficient (Wildman–Crippen LogP) is 0.00730. The van der Waals surface area contributed by atoms with E-state index in [0.29, 0.717) is 16.7 Å². The highest BCUT2D eigenvalue weighted by Gasteiger charge is 2.08. The Morgan fingerprint density at radius 1 is 1.50 bits per heavy atom. The molecule has 0 radical (unpaired) electrons. The molecule has 0 aliphatic rings. The molecule has 96 valence electrons. The zero-order valence-corrected chi connectivity index (χ0v) is 10.3. The molecule has 9 heteroatoms. The minimum absolute atomic E-state index is 0.0651. The highest BCUT2D eigenvalue weighted by Crippen LogP contribution is 2.15. The van der Waals surface area contributed by atoms with Crippen LogP contribution in [0.3, 0.4) is 0 Å². The second-order valence-electron chi connectivity index (χ2n) is 3.40. The van der Waals surface area contributed by atoms with E-state index in [-0.39, 0.29) is 6.54 Å². The standard InChI is InChI=1S/C9H10FN5O2S/c1-2-11-8-14-13-6(18-8)4-15-3-5(10)7(16)12-9(15)17/h3H,2,4H2,1H3,(H,11,14)(H,12,16,17). The lowest BCUT2D eigenvalue weighted by molar-refractivity contribution is 0.565. The Balaban J connectivity index is 2.25. The fraction of sp³-hybridized carbons (Fsp3) is 0.333. The van der Waals surface area contributed by atoms with E-state index in [1.165, 1.54) is 11.3 Å². The second-order valence-corrected chi connectivity index (χ2v) is 4.46. The molecule has 0 aromatic carbocycles. The number of hydrogen-bond donors (Lipinski definition) is 2. The summed E-state index contributed by atoms with van der Waals surface area (Å²) in [5.41, 5.74) is -1.71. The lowest BCUT2D eigenvalue weighted by Crippen LogP contribution is -2.31. The van der Waals surface area contributed by atoms with Crippen molar-refractivity contribution in [3.63, 3.8) is 0 Å². The molecule has 0 fully saturated rings. The van der Waals surface area contributed by atoms with Gasteiger partial charge in [-0.15, -0.1) is 10.2 Å². The number of rotatable bonds is 4. The Labute approximate surface area is 104 Å². The minimum atomic E-state index is -1.03. The second kappa shape index (κ2) is 5.08. The number of nitrogens with one attached hydrogen (secondary N) is 2. The van der Waals surface area contributed by atoms with Gasteiger partial charge in [-0.25, -0.2) is 4.79 Å². The van der Waals surface area contributed by atoms with Crippen LogP contribution in [0.25, 0.3) is 0 Å². The Kier molecular flexibility index (Phi) is 3.51. The van der Waals surface area contributed by atoms with Crippen LogP contribution in [0.15, 0.2) is 15.8 Å². The van der Waals surface area contributed by atoms with Crippen molar-refractivity contribution in [1.82, 2.24) is 19.7 Å². The molecule has 7 nitrogen and oxygen atoms in total. The van der Waals surface area contributed by atoms with Gasteiger partial charge < -0.3 is 5.32 Å². The zero-order valence-electron chi connectivity index (χ0n) is 9.44. The van der Waals surface area contributed by atoms with Gasteiger partial charge in [-0.3, -0.25) is 14.3 Å².